The highest BCUT2D eigenvalue weighted by Gasteiger charge is 2.09. The average molecular weight is 237 g/mol. The van der Waals surface area contributed by atoms with E-state index in [1.165, 1.54) is 0 Å². The first-order valence-corrected chi connectivity index (χ1v) is 5.23. The molecular weight excluding hydrogens is 222 g/mol. The maximum Gasteiger partial charge on any atom is 0.329 e. The van der Waals surface area contributed by atoms with Crippen molar-refractivity contribution < 1.29 is 19.4 Å². The predicted molar refractivity (Wildman–Crippen MR) is 61.5 cm³/mol. The van der Waals surface area contributed by atoms with Crippen LogP contribution in [-0.2, 0) is 14.3 Å². The Balaban J connectivity index is 2.34. The lowest BCUT2D eigenvalue weighted by Crippen LogP contribution is -2.30. The van der Waals surface area contributed by atoms with Gasteiger partial charge in [-0.25, -0.2) is 4.79 Å². The molecule has 1 aromatic carbocycles. The van der Waals surface area contributed by atoms with Gasteiger partial charge in [-0.05, 0) is 12.5 Å². The Bertz CT molecular complexity index is 377. The highest BCUT2D eigenvalue weighted by Crippen LogP contribution is 2.10. The molecule has 0 bridgehead atoms. The second-order valence-electron chi connectivity index (χ2n) is 3.59. The molecule has 0 unspecified atom stereocenters. The molecule has 0 aliphatic heterocycles. The van der Waals surface area contributed by atoms with Crippen molar-refractivity contribution in [1.82, 2.24) is 5.32 Å². The van der Waals surface area contributed by atoms with E-state index < -0.39 is 12.6 Å². The largest absolute Gasteiger partial charge is 0.480 e. The monoisotopic (exact) mass is 237 g/mol. The standard InChI is InChI=1S/C12H15NO4/c1-9(10-5-3-2-4-6-10)13-11(14)7-17-8-12(15)16/h2-6,9H,7-8H2,1H3,(H,13,14)(H,15,16)/t9-/m0/s1. The highest BCUT2D eigenvalue weighted by atomic mass is 16.5. The van der Waals surface area contributed by atoms with E-state index in [1.54, 1.807) is 0 Å². The average Bonchev–Trinajstić information content (AvgIpc) is 2.29. The van der Waals surface area contributed by atoms with Gasteiger partial charge in [-0.2, -0.15) is 0 Å². The SMILES string of the molecule is C[C@H](NC(=O)COCC(=O)O)c1ccccc1. The Morgan fingerprint density at radius 1 is 1.29 bits per heavy atom. The zero-order valence-corrected chi connectivity index (χ0v) is 9.55. The van der Waals surface area contributed by atoms with Crippen molar-refractivity contribution in [2.45, 2.75) is 13.0 Å². The number of ether oxygens (including phenoxy) is 1. The molecule has 1 atom stereocenters. The van der Waals surface area contributed by atoms with Crippen molar-refractivity contribution in [2.24, 2.45) is 0 Å². The molecule has 17 heavy (non-hydrogen) atoms. The van der Waals surface area contributed by atoms with Gasteiger partial charge in [0.25, 0.3) is 0 Å². The summed E-state index contributed by atoms with van der Waals surface area (Å²) in [6, 6.07) is 9.36. The van der Waals surface area contributed by atoms with Crippen LogP contribution < -0.4 is 5.32 Å². The van der Waals surface area contributed by atoms with Crippen molar-refractivity contribution in [3.8, 4) is 0 Å². The number of carboxylic acids is 1. The smallest absolute Gasteiger partial charge is 0.329 e. The first kappa shape index (κ1) is 13.2. The van der Waals surface area contributed by atoms with Crippen LogP contribution in [0.2, 0.25) is 0 Å². The van der Waals surface area contributed by atoms with Crippen molar-refractivity contribution in [1.29, 1.82) is 0 Å². The van der Waals surface area contributed by atoms with Crippen LogP contribution >= 0.6 is 0 Å². The van der Waals surface area contributed by atoms with Crippen LogP contribution in [0.5, 0.6) is 0 Å². The lowest BCUT2D eigenvalue weighted by atomic mass is 10.1. The van der Waals surface area contributed by atoms with Crippen LogP contribution in [0, 0.1) is 0 Å². The van der Waals surface area contributed by atoms with Crippen LogP contribution in [0.4, 0.5) is 0 Å². The van der Waals surface area contributed by atoms with E-state index in [0.717, 1.165) is 5.56 Å². The topological polar surface area (TPSA) is 75.6 Å². The molecule has 5 nitrogen and oxygen atoms in total. The number of amides is 1. The number of rotatable bonds is 6. The van der Waals surface area contributed by atoms with E-state index in [1.807, 2.05) is 37.3 Å². The third-order valence-corrected chi connectivity index (χ3v) is 2.14. The van der Waals surface area contributed by atoms with E-state index in [9.17, 15) is 9.59 Å². The molecule has 0 spiro atoms. The predicted octanol–water partition coefficient (Wildman–Crippen LogP) is 0.965. The number of carbonyl (C=O) groups is 2. The molecule has 2 N–H and O–H groups in total. The normalized spacial score (nSPS) is 11.8. The zero-order valence-electron chi connectivity index (χ0n) is 9.55. The second kappa shape index (κ2) is 6.65. The molecule has 0 heterocycles. The zero-order chi connectivity index (χ0) is 12.7. The van der Waals surface area contributed by atoms with E-state index in [2.05, 4.69) is 10.1 Å². The van der Waals surface area contributed by atoms with Crippen molar-refractivity contribution in [3.05, 3.63) is 35.9 Å². The summed E-state index contributed by atoms with van der Waals surface area (Å²) in [5.74, 6) is -1.42. The van der Waals surface area contributed by atoms with E-state index in [4.69, 9.17) is 5.11 Å². The first-order chi connectivity index (χ1) is 8.09. The van der Waals surface area contributed by atoms with Gasteiger partial charge in [0.1, 0.15) is 13.2 Å². The highest BCUT2D eigenvalue weighted by molar-refractivity contribution is 5.78. The summed E-state index contributed by atoms with van der Waals surface area (Å²) in [6.45, 7) is 1.14. The van der Waals surface area contributed by atoms with Gasteiger partial charge in [0.15, 0.2) is 0 Å². The Labute approximate surface area is 99.4 Å². The van der Waals surface area contributed by atoms with Crippen LogP contribution in [-0.4, -0.2) is 30.2 Å². The fourth-order valence-corrected chi connectivity index (χ4v) is 1.34. The molecule has 0 fully saturated rings. The Kier molecular flexibility index (Phi) is 5.16. The van der Waals surface area contributed by atoms with Gasteiger partial charge in [0.05, 0.1) is 6.04 Å². The molecule has 1 amide bonds. The van der Waals surface area contributed by atoms with Gasteiger partial charge in [-0.3, -0.25) is 4.79 Å². The van der Waals surface area contributed by atoms with E-state index in [0.29, 0.717) is 0 Å². The van der Waals surface area contributed by atoms with Gasteiger partial charge in [-0.1, -0.05) is 30.3 Å². The third-order valence-electron chi connectivity index (χ3n) is 2.14. The Morgan fingerprint density at radius 2 is 1.94 bits per heavy atom. The van der Waals surface area contributed by atoms with Crippen LogP contribution in [0.1, 0.15) is 18.5 Å². The van der Waals surface area contributed by atoms with E-state index in [-0.39, 0.29) is 18.6 Å². The van der Waals surface area contributed by atoms with E-state index >= 15 is 0 Å². The lowest BCUT2D eigenvalue weighted by molar-refractivity contribution is -0.143. The molecule has 5 heteroatoms. The Morgan fingerprint density at radius 3 is 2.53 bits per heavy atom. The summed E-state index contributed by atoms with van der Waals surface area (Å²) >= 11 is 0. The van der Waals surface area contributed by atoms with Crippen molar-refractivity contribution in [3.63, 3.8) is 0 Å². The molecule has 0 aliphatic carbocycles. The summed E-state index contributed by atoms with van der Waals surface area (Å²) in [6.07, 6.45) is 0. The number of carbonyl (C=O) groups excluding carboxylic acids is 1. The maximum atomic E-state index is 11.4. The molecule has 0 radical (unpaired) electrons. The molecule has 1 rings (SSSR count). The number of nitrogens with one attached hydrogen (secondary N) is 1. The molecule has 0 saturated heterocycles. The van der Waals surface area contributed by atoms with Crippen LogP contribution in [0.25, 0.3) is 0 Å². The van der Waals surface area contributed by atoms with Crippen molar-refractivity contribution in [2.75, 3.05) is 13.2 Å². The minimum absolute atomic E-state index is 0.128. The summed E-state index contributed by atoms with van der Waals surface area (Å²) in [7, 11) is 0. The van der Waals surface area contributed by atoms with Crippen molar-refractivity contribution >= 4 is 11.9 Å². The molecular formula is C12H15NO4. The lowest BCUT2D eigenvalue weighted by Gasteiger charge is -2.13. The molecule has 0 aromatic heterocycles. The summed E-state index contributed by atoms with van der Waals surface area (Å²) in [4.78, 5) is 21.5. The van der Waals surface area contributed by atoms with Gasteiger partial charge in [-0.15, -0.1) is 0 Å². The molecule has 0 saturated carbocycles. The fourth-order valence-electron chi connectivity index (χ4n) is 1.34. The summed E-state index contributed by atoms with van der Waals surface area (Å²) in [5.41, 5.74) is 0.985. The molecule has 92 valence electrons. The second-order valence-corrected chi connectivity index (χ2v) is 3.59. The first-order valence-electron chi connectivity index (χ1n) is 5.23. The maximum absolute atomic E-state index is 11.4. The summed E-state index contributed by atoms with van der Waals surface area (Å²) < 4.78 is 4.68. The number of aliphatic carboxylic acids is 1. The van der Waals surface area contributed by atoms with Crippen LogP contribution in [0.3, 0.4) is 0 Å². The number of benzene rings is 1. The van der Waals surface area contributed by atoms with Gasteiger partial charge in [0, 0.05) is 0 Å². The minimum Gasteiger partial charge on any atom is -0.480 e. The van der Waals surface area contributed by atoms with Gasteiger partial charge >= 0.3 is 5.97 Å². The fraction of sp³-hybridized carbons (Fsp3) is 0.333. The van der Waals surface area contributed by atoms with Crippen LogP contribution in [0.15, 0.2) is 30.3 Å². The number of carboxylic acid groups (broad SMARTS) is 1. The quantitative estimate of drug-likeness (QED) is 0.772. The van der Waals surface area contributed by atoms with Gasteiger partial charge < -0.3 is 15.2 Å². The minimum atomic E-state index is -1.09. The number of hydrogen-bond acceptors (Lipinski definition) is 3. The third kappa shape index (κ3) is 5.12. The molecule has 0 aliphatic rings. The number of hydrogen-bond donors (Lipinski definition) is 2. The van der Waals surface area contributed by atoms with Gasteiger partial charge in [0.2, 0.25) is 5.91 Å². The Hall–Kier alpha value is -1.88. The summed E-state index contributed by atoms with van der Waals surface area (Å²) in [5, 5.41) is 11.0. The molecule has 1 aromatic rings.